The summed E-state index contributed by atoms with van der Waals surface area (Å²) in [5.41, 5.74) is 0.840. The molecule has 0 radical (unpaired) electrons. The molecule has 0 atom stereocenters. The zero-order valence-corrected chi connectivity index (χ0v) is 11.5. The summed E-state index contributed by atoms with van der Waals surface area (Å²) in [6.45, 7) is -0.224. The lowest BCUT2D eigenvalue weighted by atomic mass is 10.2. The van der Waals surface area contributed by atoms with Gasteiger partial charge in [0.05, 0.1) is 14.2 Å². The van der Waals surface area contributed by atoms with E-state index in [2.05, 4.69) is 14.8 Å². The van der Waals surface area contributed by atoms with Gasteiger partial charge in [0.25, 0.3) is 0 Å². The van der Waals surface area contributed by atoms with Gasteiger partial charge < -0.3 is 14.2 Å². The van der Waals surface area contributed by atoms with Crippen LogP contribution in [0.25, 0.3) is 11.4 Å². The maximum absolute atomic E-state index is 11.0. The predicted molar refractivity (Wildman–Crippen MR) is 70.5 cm³/mol. The Hall–Kier alpha value is -2.57. The molecule has 20 heavy (non-hydrogen) atoms. The number of carbonyl (C=O) groups is 1. The Labute approximate surface area is 116 Å². The molecule has 1 heterocycles. The quantitative estimate of drug-likeness (QED) is 0.760. The zero-order valence-electron chi connectivity index (χ0n) is 11.5. The summed E-state index contributed by atoms with van der Waals surface area (Å²) in [7, 11) is 4.63. The lowest BCUT2D eigenvalue weighted by Gasteiger charge is -2.02. The first-order valence-corrected chi connectivity index (χ1v) is 5.89. The summed E-state index contributed by atoms with van der Waals surface area (Å²) in [5.74, 6) is 0.853. The van der Waals surface area contributed by atoms with Gasteiger partial charge in [-0.15, -0.1) is 5.10 Å². The van der Waals surface area contributed by atoms with Gasteiger partial charge in [0.1, 0.15) is 5.75 Å². The van der Waals surface area contributed by atoms with Crippen LogP contribution in [-0.4, -0.2) is 41.6 Å². The number of methoxy groups -OCH3 is 2. The van der Waals surface area contributed by atoms with Crippen molar-refractivity contribution in [2.45, 2.75) is 0 Å². The average Bonchev–Trinajstić information content (AvgIpc) is 2.86. The number of carbonyl (C=O) groups excluding carboxylic acids is 1. The number of hydrogen-bond donors (Lipinski definition) is 0. The van der Waals surface area contributed by atoms with Crippen molar-refractivity contribution in [1.29, 1.82) is 0 Å². The van der Waals surface area contributed by atoms with Crippen LogP contribution in [0.4, 0.5) is 0 Å². The van der Waals surface area contributed by atoms with E-state index in [4.69, 9.17) is 9.47 Å². The van der Waals surface area contributed by atoms with Crippen LogP contribution in [0.1, 0.15) is 0 Å². The van der Waals surface area contributed by atoms with E-state index in [1.165, 1.54) is 7.11 Å². The number of rotatable bonds is 5. The Kier molecular flexibility index (Phi) is 4.19. The predicted octanol–water partition coefficient (Wildman–Crippen LogP) is 1.04. The number of aromatic nitrogens is 3. The van der Waals surface area contributed by atoms with Crippen LogP contribution in [0, 0.1) is 0 Å². The van der Waals surface area contributed by atoms with Gasteiger partial charge in [-0.2, -0.15) is 4.98 Å². The molecule has 0 bridgehead atoms. The van der Waals surface area contributed by atoms with Crippen LogP contribution in [-0.2, 0) is 16.6 Å². The summed E-state index contributed by atoms with van der Waals surface area (Å²) in [4.78, 5) is 15.2. The molecule has 2 aromatic rings. The molecule has 106 valence electrons. The lowest BCUT2D eigenvalue weighted by molar-refractivity contribution is -0.143. The molecule has 0 aliphatic carbocycles. The van der Waals surface area contributed by atoms with Gasteiger partial charge in [-0.05, 0) is 12.1 Å². The number of aryl methyl sites for hydroxylation is 1. The molecule has 0 aliphatic heterocycles. The van der Waals surface area contributed by atoms with Crippen molar-refractivity contribution >= 4 is 5.97 Å². The van der Waals surface area contributed by atoms with Crippen LogP contribution < -0.4 is 9.47 Å². The number of benzene rings is 1. The molecule has 0 N–H and O–H groups in total. The van der Waals surface area contributed by atoms with Crippen molar-refractivity contribution in [2.24, 2.45) is 7.05 Å². The number of ether oxygens (including phenoxy) is 3. The van der Waals surface area contributed by atoms with Crippen LogP contribution in [0.3, 0.4) is 0 Å². The highest BCUT2D eigenvalue weighted by molar-refractivity contribution is 5.70. The Morgan fingerprint density at radius 1 is 1.35 bits per heavy atom. The van der Waals surface area contributed by atoms with Gasteiger partial charge >= 0.3 is 12.0 Å². The maximum Gasteiger partial charge on any atom is 0.344 e. The standard InChI is InChI=1S/C13H15N3O4/c1-16-12(9-5-4-6-10(7-9)18-2)14-13(15-16)20-8-11(17)19-3/h4-7H,8H2,1-3H3. The molecule has 0 saturated heterocycles. The first-order valence-electron chi connectivity index (χ1n) is 5.89. The fourth-order valence-corrected chi connectivity index (χ4v) is 1.62. The van der Waals surface area contributed by atoms with Crippen molar-refractivity contribution < 1.29 is 19.0 Å². The van der Waals surface area contributed by atoms with Gasteiger partial charge in [-0.25, -0.2) is 9.48 Å². The highest BCUT2D eigenvalue weighted by Crippen LogP contribution is 2.23. The Morgan fingerprint density at radius 2 is 2.15 bits per heavy atom. The second-order valence-electron chi connectivity index (χ2n) is 3.94. The fraction of sp³-hybridized carbons (Fsp3) is 0.308. The Balaban J connectivity index is 2.20. The molecule has 0 aliphatic rings. The topological polar surface area (TPSA) is 75.5 Å². The Bertz CT molecular complexity index is 609. The molecule has 0 amide bonds. The molecule has 0 spiro atoms. The number of esters is 1. The van der Waals surface area contributed by atoms with Gasteiger partial charge in [0, 0.05) is 12.6 Å². The second-order valence-corrected chi connectivity index (χ2v) is 3.94. The minimum absolute atomic E-state index is 0.121. The molecular weight excluding hydrogens is 262 g/mol. The van der Waals surface area contributed by atoms with Crippen LogP contribution in [0.2, 0.25) is 0 Å². The normalized spacial score (nSPS) is 10.2. The summed E-state index contributed by atoms with van der Waals surface area (Å²) in [6.07, 6.45) is 0. The first kappa shape index (κ1) is 13.9. The van der Waals surface area contributed by atoms with Crippen LogP contribution in [0.5, 0.6) is 11.8 Å². The van der Waals surface area contributed by atoms with Crippen molar-refractivity contribution in [3.63, 3.8) is 0 Å². The molecule has 1 aromatic carbocycles. The van der Waals surface area contributed by atoms with E-state index in [1.807, 2.05) is 24.3 Å². The van der Waals surface area contributed by atoms with Crippen LogP contribution >= 0.6 is 0 Å². The molecule has 0 saturated carbocycles. The van der Waals surface area contributed by atoms with Crippen molar-refractivity contribution in [1.82, 2.24) is 14.8 Å². The van der Waals surface area contributed by atoms with E-state index in [0.29, 0.717) is 5.82 Å². The summed E-state index contributed by atoms with van der Waals surface area (Å²) >= 11 is 0. The van der Waals surface area contributed by atoms with Gasteiger partial charge in [0.2, 0.25) is 0 Å². The summed E-state index contributed by atoms with van der Waals surface area (Å²) in [5, 5.41) is 4.08. The van der Waals surface area contributed by atoms with E-state index in [-0.39, 0.29) is 12.6 Å². The Morgan fingerprint density at radius 3 is 2.85 bits per heavy atom. The smallest absolute Gasteiger partial charge is 0.344 e. The van der Waals surface area contributed by atoms with Crippen molar-refractivity contribution in [3.05, 3.63) is 24.3 Å². The molecule has 0 fully saturated rings. The molecule has 1 aromatic heterocycles. The summed E-state index contributed by atoms with van der Waals surface area (Å²) in [6, 6.07) is 7.55. The molecule has 0 unspecified atom stereocenters. The van der Waals surface area contributed by atoms with E-state index < -0.39 is 5.97 Å². The van der Waals surface area contributed by atoms with Crippen LogP contribution in [0.15, 0.2) is 24.3 Å². The molecule has 2 rings (SSSR count). The van der Waals surface area contributed by atoms with Crippen molar-refractivity contribution in [2.75, 3.05) is 20.8 Å². The van der Waals surface area contributed by atoms with Gasteiger partial charge in [-0.1, -0.05) is 12.1 Å². The molecular formula is C13H15N3O4. The minimum Gasteiger partial charge on any atom is -0.497 e. The molecule has 7 nitrogen and oxygen atoms in total. The third-order valence-corrected chi connectivity index (χ3v) is 2.62. The maximum atomic E-state index is 11.0. The van der Waals surface area contributed by atoms with Crippen molar-refractivity contribution in [3.8, 4) is 23.1 Å². The third-order valence-electron chi connectivity index (χ3n) is 2.62. The second kappa shape index (κ2) is 6.05. The van der Waals surface area contributed by atoms with E-state index in [1.54, 1.807) is 18.8 Å². The zero-order chi connectivity index (χ0) is 14.5. The lowest BCUT2D eigenvalue weighted by Crippen LogP contribution is -2.13. The van der Waals surface area contributed by atoms with Gasteiger partial charge in [0.15, 0.2) is 12.4 Å². The minimum atomic E-state index is -0.486. The highest BCUT2D eigenvalue weighted by Gasteiger charge is 2.12. The number of nitrogens with zero attached hydrogens (tertiary/aromatic N) is 3. The van der Waals surface area contributed by atoms with E-state index >= 15 is 0 Å². The van der Waals surface area contributed by atoms with E-state index in [0.717, 1.165) is 11.3 Å². The average molecular weight is 277 g/mol. The largest absolute Gasteiger partial charge is 0.497 e. The highest BCUT2D eigenvalue weighted by atomic mass is 16.6. The molecule has 7 heteroatoms. The third kappa shape index (κ3) is 3.05. The monoisotopic (exact) mass is 277 g/mol. The number of hydrogen-bond acceptors (Lipinski definition) is 6. The van der Waals surface area contributed by atoms with E-state index in [9.17, 15) is 4.79 Å². The summed E-state index contributed by atoms with van der Waals surface area (Å²) < 4.78 is 16.4. The van der Waals surface area contributed by atoms with Gasteiger partial charge in [-0.3, -0.25) is 0 Å². The SMILES string of the molecule is COC(=O)COc1nc(-c2cccc(OC)c2)n(C)n1. The fourth-order valence-electron chi connectivity index (χ4n) is 1.62. The first-order chi connectivity index (χ1) is 9.63.